The van der Waals surface area contributed by atoms with Crippen LogP contribution < -0.4 is 10.1 Å². The van der Waals surface area contributed by atoms with E-state index in [9.17, 15) is 0 Å². The van der Waals surface area contributed by atoms with Gasteiger partial charge in [0.05, 0.1) is 6.04 Å². The maximum Gasteiger partial charge on any atom is 0.120 e. The summed E-state index contributed by atoms with van der Waals surface area (Å²) in [6.45, 7) is 2.43. The molecule has 1 atom stereocenters. The van der Waals surface area contributed by atoms with Gasteiger partial charge in [0.1, 0.15) is 12.4 Å². The fourth-order valence-corrected chi connectivity index (χ4v) is 1.40. The second-order valence-electron chi connectivity index (χ2n) is 3.38. The first-order chi connectivity index (χ1) is 7.76. The Morgan fingerprint density at radius 3 is 2.94 bits per heavy atom. The number of halogens is 1. The zero-order chi connectivity index (χ0) is 11.8. The van der Waals surface area contributed by atoms with Gasteiger partial charge in [0, 0.05) is 11.4 Å². The molecule has 0 spiro atoms. The lowest BCUT2D eigenvalue weighted by atomic mass is 10.2. The van der Waals surface area contributed by atoms with E-state index in [1.807, 2.05) is 32.2 Å². The van der Waals surface area contributed by atoms with E-state index in [-0.39, 0.29) is 6.04 Å². The average Bonchev–Trinajstić information content (AvgIpc) is 2.29. The first-order valence-corrected chi connectivity index (χ1v) is 5.59. The third-order valence-electron chi connectivity index (χ3n) is 2.18. The summed E-state index contributed by atoms with van der Waals surface area (Å²) >= 11 is 5.86. The molecule has 16 heavy (non-hydrogen) atoms. The van der Waals surface area contributed by atoms with E-state index in [1.165, 1.54) is 0 Å². The fraction of sp³-hybridized carbons (Fsp3) is 0.385. The summed E-state index contributed by atoms with van der Waals surface area (Å²) in [7, 11) is 1.91. The number of hydrogen-bond donors (Lipinski definition) is 1. The van der Waals surface area contributed by atoms with Crippen LogP contribution in [0.2, 0.25) is 5.02 Å². The molecule has 2 nitrogen and oxygen atoms in total. The van der Waals surface area contributed by atoms with Crippen molar-refractivity contribution in [3.8, 4) is 17.6 Å². The molecule has 0 amide bonds. The van der Waals surface area contributed by atoms with Crippen LogP contribution in [0, 0.1) is 11.8 Å². The largest absolute Gasteiger partial charge is 0.492 e. The highest BCUT2D eigenvalue weighted by atomic mass is 35.5. The second-order valence-corrected chi connectivity index (χ2v) is 3.82. The molecule has 0 bridgehead atoms. The highest BCUT2D eigenvalue weighted by molar-refractivity contribution is 6.30. The summed E-state index contributed by atoms with van der Waals surface area (Å²) in [5, 5.41) is 3.85. The van der Waals surface area contributed by atoms with Crippen molar-refractivity contribution >= 4 is 11.6 Å². The van der Waals surface area contributed by atoms with Gasteiger partial charge in [-0.1, -0.05) is 17.7 Å². The third-order valence-corrected chi connectivity index (χ3v) is 2.42. The van der Waals surface area contributed by atoms with Crippen molar-refractivity contribution in [3.05, 3.63) is 29.3 Å². The summed E-state index contributed by atoms with van der Waals surface area (Å²) in [5.41, 5.74) is 0. The van der Waals surface area contributed by atoms with Gasteiger partial charge in [-0.15, -0.1) is 11.8 Å². The number of ether oxygens (including phenoxy) is 1. The second kappa shape index (κ2) is 7.16. The lowest BCUT2D eigenvalue weighted by molar-refractivity contribution is 0.273. The van der Waals surface area contributed by atoms with Crippen molar-refractivity contribution < 1.29 is 4.74 Å². The van der Waals surface area contributed by atoms with E-state index in [1.54, 1.807) is 6.07 Å². The van der Waals surface area contributed by atoms with E-state index in [2.05, 4.69) is 17.2 Å². The zero-order valence-corrected chi connectivity index (χ0v) is 10.3. The zero-order valence-electron chi connectivity index (χ0n) is 9.59. The Hall–Kier alpha value is -1.17. The molecule has 0 aromatic heterocycles. The average molecular weight is 238 g/mol. The van der Waals surface area contributed by atoms with E-state index in [4.69, 9.17) is 16.3 Å². The van der Waals surface area contributed by atoms with Crippen LogP contribution in [0.15, 0.2) is 24.3 Å². The number of rotatable bonds is 5. The van der Waals surface area contributed by atoms with Gasteiger partial charge in [-0.25, -0.2) is 0 Å². The lowest BCUT2D eigenvalue weighted by Gasteiger charge is -2.14. The SMILES string of the molecule is CC#CCC(COc1cccc(Cl)c1)NC. The van der Waals surface area contributed by atoms with Crippen molar-refractivity contribution in [3.63, 3.8) is 0 Å². The highest BCUT2D eigenvalue weighted by Crippen LogP contribution is 2.17. The van der Waals surface area contributed by atoms with Crippen LogP contribution in [0.5, 0.6) is 5.75 Å². The monoisotopic (exact) mass is 237 g/mol. The standard InChI is InChI=1S/C13H16ClNO/c1-3-4-7-12(15-2)10-16-13-8-5-6-11(14)9-13/h5-6,8-9,12,15H,7,10H2,1-2H3. The van der Waals surface area contributed by atoms with E-state index in [0.717, 1.165) is 12.2 Å². The Kier molecular flexibility index (Phi) is 5.77. The van der Waals surface area contributed by atoms with Gasteiger partial charge in [0.2, 0.25) is 0 Å². The number of nitrogens with one attached hydrogen (secondary N) is 1. The summed E-state index contributed by atoms with van der Waals surface area (Å²) in [6, 6.07) is 7.64. The van der Waals surface area contributed by atoms with E-state index < -0.39 is 0 Å². The Balaban J connectivity index is 2.45. The fourth-order valence-electron chi connectivity index (χ4n) is 1.22. The van der Waals surface area contributed by atoms with Crippen LogP contribution in [0.4, 0.5) is 0 Å². The Bertz CT molecular complexity index is 381. The lowest BCUT2D eigenvalue weighted by Crippen LogP contribution is -2.31. The van der Waals surface area contributed by atoms with Gasteiger partial charge < -0.3 is 10.1 Å². The first kappa shape index (κ1) is 12.9. The van der Waals surface area contributed by atoms with Gasteiger partial charge in [0.25, 0.3) is 0 Å². The minimum Gasteiger partial charge on any atom is -0.492 e. The predicted octanol–water partition coefficient (Wildman–Crippen LogP) is 2.72. The van der Waals surface area contributed by atoms with Gasteiger partial charge >= 0.3 is 0 Å². The molecule has 1 aromatic rings. The van der Waals surface area contributed by atoms with Crippen molar-refractivity contribution in [2.45, 2.75) is 19.4 Å². The molecule has 1 aromatic carbocycles. The maximum atomic E-state index is 5.86. The normalized spacial score (nSPS) is 11.4. The summed E-state index contributed by atoms with van der Waals surface area (Å²) in [6.07, 6.45) is 0.785. The molecule has 1 unspecified atom stereocenters. The molecule has 0 saturated heterocycles. The quantitative estimate of drug-likeness (QED) is 0.796. The Morgan fingerprint density at radius 2 is 2.31 bits per heavy atom. The Labute approximate surface area is 102 Å². The van der Waals surface area contributed by atoms with Crippen molar-refractivity contribution in [2.75, 3.05) is 13.7 Å². The Morgan fingerprint density at radius 1 is 1.50 bits per heavy atom. The van der Waals surface area contributed by atoms with Crippen LogP contribution in [-0.4, -0.2) is 19.7 Å². The smallest absolute Gasteiger partial charge is 0.120 e. The van der Waals surface area contributed by atoms with Gasteiger partial charge in [-0.05, 0) is 32.2 Å². The number of likely N-dealkylation sites (N-methyl/N-ethyl adjacent to an activating group) is 1. The van der Waals surface area contributed by atoms with Gasteiger partial charge in [0.15, 0.2) is 0 Å². The number of hydrogen-bond acceptors (Lipinski definition) is 2. The first-order valence-electron chi connectivity index (χ1n) is 5.21. The van der Waals surface area contributed by atoms with E-state index >= 15 is 0 Å². The van der Waals surface area contributed by atoms with Gasteiger partial charge in [-0.2, -0.15) is 0 Å². The topological polar surface area (TPSA) is 21.3 Å². The molecular weight excluding hydrogens is 222 g/mol. The molecule has 0 aliphatic heterocycles. The summed E-state index contributed by atoms with van der Waals surface area (Å²) in [4.78, 5) is 0. The van der Waals surface area contributed by atoms with Crippen molar-refractivity contribution in [1.82, 2.24) is 5.32 Å². The van der Waals surface area contributed by atoms with E-state index in [0.29, 0.717) is 11.6 Å². The minimum absolute atomic E-state index is 0.242. The maximum absolute atomic E-state index is 5.86. The molecular formula is C13H16ClNO. The highest BCUT2D eigenvalue weighted by Gasteiger charge is 2.05. The van der Waals surface area contributed by atoms with Crippen LogP contribution in [-0.2, 0) is 0 Å². The molecule has 0 fully saturated rings. The van der Waals surface area contributed by atoms with Crippen molar-refractivity contribution in [1.29, 1.82) is 0 Å². The van der Waals surface area contributed by atoms with Gasteiger partial charge in [-0.3, -0.25) is 0 Å². The molecule has 0 aliphatic carbocycles. The summed E-state index contributed by atoms with van der Waals surface area (Å²) in [5.74, 6) is 6.69. The van der Waals surface area contributed by atoms with Crippen LogP contribution >= 0.6 is 11.6 Å². The molecule has 0 saturated carbocycles. The van der Waals surface area contributed by atoms with Crippen LogP contribution in [0.1, 0.15) is 13.3 Å². The molecule has 0 heterocycles. The van der Waals surface area contributed by atoms with Crippen LogP contribution in [0.25, 0.3) is 0 Å². The molecule has 0 radical (unpaired) electrons. The summed E-state index contributed by atoms with van der Waals surface area (Å²) < 4.78 is 5.62. The molecule has 86 valence electrons. The third kappa shape index (κ3) is 4.57. The van der Waals surface area contributed by atoms with Crippen molar-refractivity contribution in [2.24, 2.45) is 0 Å². The molecule has 1 rings (SSSR count). The molecule has 0 aliphatic rings. The molecule has 3 heteroatoms. The predicted molar refractivity (Wildman–Crippen MR) is 67.9 cm³/mol. The van der Waals surface area contributed by atoms with Crippen LogP contribution in [0.3, 0.4) is 0 Å². The molecule has 1 N–H and O–H groups in total. The minimum atomic E-state index is 0.242. The number of benzene rings is 1.